The Bertz CT molecular complexity index is 918. The number of nitrogens with zero attached hydrogens (tertiary/aromatic N) is 2. The molecule has 1 fully saturated rings. The van der Waals surface area contributed by atoms with Crippen molar-refractivity contribution >= 4 is 23.2 Å². The molecule has 0 aliphatic carbocycles. The molecule has 0 atom stereocenters. The van der Waals surface area contributed by atoms with Gasteiger partial charge in [-0.1, -0.05) is 12.1 Å². The van der Waals surface area contributed by atoms with Crippen molar-refractivity contribution in [3.05, 3.63) is 69.3 Å². The number of hydrogen-bond donors (Lipinski definition) is 2. The summed E-state index contributed by atoms with van der Waals surface area (Å²) in [6.45, 7) is 2.73. The van der Waals surface area contributed by atoms with Gasteiger partial charge in [-0.25, -0.2) is 0 Å². The molecular formula is C21H23N3O5. The SMILES string of the molecule is Cc1cc(C(=O)Nc2ccc(CC(=O)N3CCC(O)CC3)cc2)ccc1[N+](=O)[O-]. The summed E-state index contributed by atoms with van der Waals surface area (Å²) in [4.78, 5) is 36.9. The lowest BCUT2D eigenvalue weighted by Gasteiger charge is -2.29. The number of piperidine rings is 1. The monoisotopic (exact) mass is 397 g/mol. The average molecular weight is 397 g/mol. The summed E-state index contributed by atoms with van der Waals surface area (Å²) in [5.41, 5.74) is 2.13. The largest absolute Gasteiger partial charge is 0.393 e. The lowest BCUT2D eigenvalue weighted by atomic mass is 10.1. The number of aryl methyl sites for hydroxylation is 1. The normalized spacial score (nSPS) is 14.5. The van der Waals surface area contributed by atoms with Gasteiger partial charge >= 0.3 is 0 Å². The van der Waals surface area contributed by atoms with Crippen molar-refractivity contribution in [1.29, 1.82) is 0 Å². The molecule has 0 unspecified atom stereocenters. The van der Waals surface area contributed by atoms with Gasteiger partial charge in [-0.15, -0.1) is 0 Å². The van der Waals surface area contributed by atoms with Crippen LogP contribution in [0.15, 0.2) is 42.5 Å². The highest BCUT2D eigenvalue weighted by Gasteiger charge is 2.21. The fourth-order valence-electron chi connectivity index (χ4n) is 3.31. The summed E-state index contributed by atoms with van der Waals surface area (Å²) < 4.78 is 0. The van der Waals surface area contributed by atoms with Crippen molar-refractivity contribution < 1.29 is 19.6 Å². The van der Waals surface area contributed by atoms with Crippen LogP contribution in [0.4, 0.5) is 11.4 Å². The summed E-state index contributed by atoms with van der Waals surface area (Å²) >= 11 is 0. The minimum absolute atomic E-state index is 0.0232. The smallest absolute Gasteiger partial charge is 0.272 e. The first kappa shape index (κ1) is 20.5. The second-order valence-corrected chi connectivity index (χ2v) is 7.20. The van der Waals surface area contributed by atoms with Crippen molar-refractivity contribution in [2.24, 2.45) is 0 Å². The predicted molar refractivity (Wildman–Crippen MR) is 108 cm³/mol. The third-order valence-electron chi connectivity index (χ3n) is 5.04. The van der Waals surface area contributed by atoms with Crippen LogP contribution in [0.3, 0.4) is 0 Å². The molecule has 0 aromatic heterocycles. The first-order valence-corrected chi connectivity index (χ1v) is 9.44. The van der Waals surface area contributed by atoms with Gasteiger partial charge in [0, 0.05) is 36.0 Å². The van der Waals surface area contributed by atoms with Crippen LogP contribution in [0.25, 0.3) is 0 Å². The summed E-state index contributed by atoms with van der Waals surface area (Å²) in [6.07, 6.45) is 1.17. The maximum atomic E-state index is 12.4. The van der Waals surface area contributed by atoms with Crippen LogP contribution in [0.5, 0.6) is 0 Å². The minimum atomic E-state index is -0.483. The van der Waals surface area contributed by atoms with Gasteiger partial charge < -0.3 is 15.3 Å². The first-order valence-electron chi connectivity index (χ1n) is 9.44. The Morgan fingerprint density at radius 2 is 1.83 bits per heavy atom. The van der Waals surface area contributed by atoms with Crippen LogP contribution in [0, 0.1) is 17.0 Å². The highest BCUT2D eigenvalue weighted by atomic mass is 16.6. The molecule has 3 rings (SSSR count). The number of nitro benzene ring substituents is 1. The molecule has 0 radical (unpaired) electrons. The van der Waals surface area contributed by atoms with Crippen molar-refractivity contribution in [3.8, 4) is 0 Å². The molecule has 29 heavy (non-hydrogen) atoms. The van der Waals surface area contributed by atoms with Crippen LogP contribution in [-0.2, 0) is 11.2 Å². The highest BCUT2D eigenvalue weighted by Crippen LogP contribution is 2.20. The summed E-state index contributed by atoms with van der Waals surface area (Å²) in [6, 6.07) is 11.2. The van der Waals surface area contributed by atoms with E-state index in [1.165, 1.54) is 18.2 Å². The third kappa shape index (κ3) is 5.17. The number of likely N-dealkylation sites (tertiary alicyclic amines) is 1. The molecule has 0 spiro atoms. The zero-order valence-corrected chi connectivity index (χ0v) is 16.1. The maximum Gasteiger partial charge on any atom is 0.272 e. The molecule has 1 saturated heterocycles. The zero-order valence-electron chi connectivity index (χ0n) is 16.1. The maximum absolute atomic E-state index is 12.4. The molecule has 1 heterocycles. The van der Waals surface area contributed by atoms with Crippen molar-refractivity contribution in [3.63, 3.8) is 0 Å². The molecule has 0 bridgehead atoms. The molecule has 2 amide bonds. The standard InChI is InChI=1S/C21H23N3O5/c1-14-12-16(4-7-19(14)24(28)29)21(27)22-17-5-2-15(3-6-17)13-20(26)23-10-8-18(25)9-11-23/h2-7,12,18,25H,8-11,13H2,1H3,(H,22,27). The molecular weight excluding hydrogens is 374 g/mol. The molecule has 8 heteroatoms. The van der Waals surface area contributed by atoms with Gasteiger partial charge in [0.15, 0.2) is 0 Å². The van der Waals surface area contributed by atoms with Gasteiger partial charge in [0.1, 0.15) is 0 Å². The van der Waals surface area contributed by atoms with Crippen LogP contribution in [0.2, 0.25) is 0 Å². The van der Waals surface area contributed by atoms with E-state index in [0.29, 0.717) is 42.7 Å². The van der Waals surface area contributed by atoms with Crippen LogP contribution in [-0.4, -0.2) is 45.9 Å². The molecule has 2 aromatic carbocycles. The summed E-state index contributed by atoms with van der Waals surface area (Å²) in [5.74, 6) is -0.339. The fourth-order valence-corrected chi connectivity index (χ4v) is 3.31. The van der Waals surface area contributed by atoms with Crippen molar-refractivity contribution in [2.75, 3.05) is 18.4 Å². The highest BCUT2D eigenvalue weighted by molar-refractivity contribution is 6.04. The number of anilines is 1. The number of aliphatic hydroxyl groups is 1. The van der Waals surface area contributed by atoms with Crippen LogP contribution in [0.1, 0.15) is 34.3 Å². The van der Waals surface area contributed by atoms with Gasteiger partial charge in [-0.2, -0.15) is 0 Å². The molecule has 1 aliphatic rings. The van der Waals surface area contributed by atoms with Crippen molar-refractivity contribution in [2.45, 2.75) is 32.3 Å². The molecule has 1 aliphatic heterocycles. The average Bonchev–Trinajstić information content (AvgIpc) is 2.69. The Kier molecular flexibility index (Phi) is 6.23. The van der Waals surface area contributed by atoms with E-state index in [9.17, 15) is 24.8 Å². The van der Waals surface area contributed by atoms with Crippen LogP contribution >= 0.6 is 0 Å². The number of amides is 2. The van der Waals surface area contributed by atoms with E-state index < -0.39 is 4.92 Å². The Balaban J connectivity index is 1.59. The number of nitro groups is 1. The second kappa shape index (κ2) is 8.83. The van der Waals surface area contributed by atoms with Gasteiger partial charge in [0.25, 0.3) is 11.6 Å². The third-order valence-corrected chi connectivity index (χ3v) is 5.04. The van der Waals surface area contributed by atoms with Gasteiger partial charge in [0.2, 0.25) is 5.91 Å². The fraction of sp³-hybridized carbons (Fsp3) is 0.333. The van der Waals surface area contributed by atoms with Gasteiger partial charge in [-0.3, -0.25) is 19.7 Å². The number of carbonyl (C=O) groups excluding carboxylic acids is 2. The van der Waals surface area contributed by atoms with E-state index in [4.69, 9.17) is 0 Å². The number of hydrogen-bond acceptors (Lipinski definition) is 5. The van der Waals surface area contributed by atoms with E-state index in [2.05, 4.69) is 5.32 Å². The lowest BCUT2D eigenvalue weighted by Crippen LogP contribution is -2.40. The number of carbonyl (C=O) groups is 2. The topological polar surface area (TPSA) is 113 Å². The molecule has 152 valence electrons. The summed E-state index contributed by atoms with van der Waals surface area (Å²) in [7, 11) is 0. The van der Waals surface area contributed by atoms with Gasteiger partial charge in [-0.05, 0) is 49.6 Å². The lowest BCUT2D eigenvalue weighted by molar-refractivity contribution is -0.385. The second-order valence-electron chi connectivity index (χ2n) is 7.20. The van der Waals surface area contributed by atoms with E-state index in [0.717, 1.165) is 5.56 Å². The molecule has 2 N–H and O–H groups in total. The Hall–Kier alpha value is -3.26. The predicted octanol–water partition coefficient (Wildman–Crippen LogP) is 2.68. The van der Waals surface area contributed by atoms with Crippen LogP contribution < -0.4 is 5.32 Å². The molecule has 0 saturated carbocycles. The number of nitrogens with one attached hydrogen (secondary N) is 1. The first-order chi connectivity index (χ1) is 13.8. The Morgan fingerprint density at radius 3 is 2.41 bits per heavy atom. The minimum Gasteiger partial charge on any atom is -0.393 e. The van der Waals surface area contributed by atoms with E-state index >= 15 is 0 Å². The van der Waals surface area contributed by atoms with Gasteiger partial charge in [0.05, 0.1) is 17.4 Å². The Labute approximate surface area is 168 Å². The van der Waals surface area contributed by atoms with Crippen molar-refractivity contribution in [1.82, 2.24) is 4.90 Å². The number of aliphatic hydroxyl groups excluding tert-OH is 1. The molecule has 2 aromatic rings. The zero-order chi connectivity index (χ0) is 21.0. The van der Waals surface area contributed by atoms with E-state index in [1.807, 2.05) is 0 Å². The summed E-state index contributed by atoms with van der Waals surface area (Å²) in [5, 5.41) is 23.2. The Morgan fingerprint density at radius 1 is 1.17 bits per heavy atom. The van der Waals surface area contributed by atoms with E-state index in [1.54, 1.807) is 36.1 Å². The molecule has 8 nitrogen and oxygen atoms in total. The number of rotatable bonds is 5. The number of benzene rings is 2. The quantitative estimate of drug-likeness (QED) is 0.595. The van der Waals surface area contributed by atoms with E-state index in [-0.39, 0.29) is 30.0 Å².